The van der Waals surface area contributed by atoms with Crippen LogP contribution in [0.1, 0.15) is 45.2 Å². The molecular formula is C21H29N3O3. The Kier molecular flexibility index (Phi) is 6.16. The van der Waals surface area contributed by atoms with Crippen molar-refractivity contribution < 1.29 is 14.3 Å². The lowest BCUT2D eigenvalue weighted by atomic mass is 9.93. The van der Waals surface area contributed by atoms with Crippen LogP contribution >= 0.6 is 0 Å². The fraction of sp³-hybridized carbons (Fsp3) is 0.524. The van der Waals surface area contributed by atoms with Gasteiger partial charge < -0.3 is 20.5 Å². The Bertz CT molecular complexity index is 799. The van der Waals surface area contributed by atoms with Gasteiger partial charge in [0, 0.05) is 17.4 Å². The van der Waals surface area contributed by atoms with E-state index in [0.29, 0.717) is 5.69 Å². The van der Waals surface area contributed by atoms with Crippen LogP contribution in [0, 0.1) is 6.92 Å². The molecule has 2 aromatic rings. The van der Waals surface area contributed by atoms with Crippen LogP contribution in [0.25, 0.3) is 10.9 Å². The average Bonchev–Trinajstić information content (AvgIpc) is 2.61. The van der Waals surface area contributed by atoms with Crippen LogP contribution in [0.3, 0.4) is 0 Å². The standard InChI is InChI=1S/C21H29N3O3/c1-13(2)26-12-20(25)24-15-7-9-16(10-8-15)27-19-6-4-5-18-21(19)17(22)11-14(3)23-18/h4-6,11,13,15-16H,7-10,12H2,1-3H3,(H2,22,23)(H,24,25). The van der Waals surface area contributed by atoms with Gasteiger partial charge in [0.15, 0.2) is 0 Å². The van der Waals surface area contributed by atoms with Crippen LogP contribution in [0.15, 0.2) is 24.3 Å². The minimum Gasteiger partial charge on any atom is -0.490 e. The molecule has 0 atom stereocenters. The predicted molar refractivity (Wildman–Crippen MR) is 107 cm³/mol. The van der Waals surface area contributed by atoms with E-state index in [2.05, 4.69) is 10.3 Å². The Morgan fingerprint density at radius 3 is 2.74 bits per heavy atom. The Hall–Kier alpha value is -2.34. The van der Waals surface area contributed by atoms with Gasteiger partial charge in [0.05, 0.1) is 23.1 Å². The van der Waals surface area contributed by atoms with Crippen LogP contribution in [0.4, 0.5) is 5.69 Å². The molecule has 146 valence electrons. The number of aromatic nitrogens is 1. The minimum absolute atomic E-state index is 0.0451. The SMILES string of the molecule is Cc1cc(N)c2c(OC3CCC(NC(=O)COC(C)C)CC3)cccc2n1. The van der Waals surface area contributed by atoms with Crippen LogP contribution in [-0.2, 0) is 9.53 Å². The highest BCUT2D eigenvalue weighted by atomic mass is 16.5. The molecule has 0 bridgehead atoms. The summed E-state index contributed by atoms with van der Waals surface area (Å²) in [6, 6.07) is 7.92. The first kappa shape index (κ1) is 19.4. The molecule has 6 heteroatoms. The van der Waals surface area contributed by atoms with Crippen molar-refractivity contribution in [1.29, 1.82) is 0 Å². The lowest BCUT2D eigenvalue weighted by molar-refractivity contribution is -0.128. The molecule has 1 heterocycles. The van der Waals surface area contributed by atoms with E-state index in [1.165, 1.54) is 0 Å². The number of amides is 1. The molecule has 27 heavy (non-hydrogen) atoms. The van der Waals surface area contributed by atoms with E-state index in [4.69, 9.17) is 15.2 Å². The Balaban J connectivity index is 1.57. The van der Waals surface area contributed by atoms with Crippen molar-refractivity contribution in [3.63, 3.8) is 0 Å². The number of anilines is 1. The number of carbonyl (C=O) groups is 1. The zero-order chi connectivity index (χ0) is 19.4. The average molecular weight is 371 g/mol. The maximum atomic E-state index is 11.9. The van der Waals surface area contributed by atoms with E-state index in [1.54, 1.807) is 0 Å². The summed E-state index contributed by atoms with van der Waals surface area (Å²) in [5.41, 5.74) is 8.66. The second kappa shape index (κ2) is 8.57. The highest BCUT2D eigenvalue weighted by Crippen LogP contribution is 2.33. The number of hydrogen-bond acceptors (Lipinski definition) is 5. The van der Waals surface area contributed by atoms with Crippen LogP contribution < -0.4 is 15.8 Å². The van der Waals surface area contributed by atoms with Crippen molar-refractivity contribution in [2.24, 2.45) is 0 Å². The maximum absolute atomic E-state index is 11.9. The number of benzene rings is 1. The van der Waals surface area contributed by atoms with Crippen molar-refractivity contribution in [3.05, 3.63) is 30.0 Å². The highest BCUT2D eigenvalue weighted by Gasteiger charge is 2.24. The van der Waals surface area contributed by atoms with E-state index in [9.17, 15) is 4.79 Å². The first-order chi connectivity index (χ1) is 12.9. The van der Waals surface area contributed by atoms with Gasteiger partial charge in [-0.05, 0) is 64.7 Å². The van der Waals surface area contributed by atoms with Crippen molar-refractivity contribution in [1.82, 2.24) is 10.3 Å². The number of nitrogen functional groups attached to an aromatic ring is 1. The van der Waals surface area contributed by atoms with Crippen LogP contribution in [0.5, 0.6) is 5.75 Å². The summed E-state index contributed by atoms with van der Waals surface area (Å²) in [5.74, 6) is 0.742. The van der Waals surface area contributed by atoms with Gasteiger partial charge in [0.25, 0.3) is 0 Å². The summed E-state index contributed by atoms with van der Waals surface area (Å²) in [6.07, 6.45) is 3.77. The molecular weight excluding hydrogens is 342 g/mol. The highest BCUT2D eigenvalue weighted by molar-refractivity contribution is 5.95. The quantitative estimate of drug-likeness (QED) is 0.813. The molecule has 1 fully saturated rings. The number of fused-ring (bicyclic) bond motifs is 1. The fourth-order valence-corrected chi connectivity index (χ4v) is 3.54. The van der Waals surface area contributed by atoms with Crippen molar-refractivity contribution in [2.45, 2.75) is 64.7 Å². The summed E-state index contributed by atoms with van der Waals surface area (Å²) in [6.45, 7) is 5.90. The van der Waals surface area contributed by atoms with E-state index in [1.807, 2.05) is 45.0 Å². The Morgan fingerprint density at radius 1 is 1.30 bits per heavy atom. The molecule has 3 N–H and O–H groups in total. The van der Waals surface area contributed by atoms with Gasteiger partial charge in [-0.2, -0.15) is 0 Å². The number of rotatable bonds is 6. The number of pyridine rings is 1. The second-order valence-electron chi connectivity index (χ2n) is 7.52. The predicted octanol–water partition coefficient (Wildman–Crippen LogP) is 3.36. The zero-order valence-corrected chi connectivity index (χ0v) is 16.3. The van der Waals surface area contributed by atoms with Gasteiger partial charge in [0.2, 0.25) is 5.91 Å². The number of carbonyl (C=O) groups excluding carboxylic acids is 1. The number of nitrogens with one attached hydrogen (secondary N) is 1. The van der Waals surface area contributed by atoms with Crippen molar-refractivity contribution in [3.8, 4) is 5.75 Å². The molecule has 0 spiro atoms. The van der Waals surface area contributed by atoms with E-state index in [0.717, 1.165) is 48.0 Å². The van der Waals surface area contributed by atoms with Crippen LogP contribution in [-0.4, -0.2) is 35.7 Å². The summed E-state index contributed by atoms with van der Waals surface area (Å²) in [7, 11) is 0. The lowest BCUT2D eigenvalue weighted by Gasteiger charge is -2.30. The summed E-state index contributed by atoms with van der Waals surface area (Å²) in [4.78, 5) is 16.5. The monoisotopic (exact) mass is 371 g/mol. The second-order valence-corrected chi connectivity index (χ2v) is 7.52. The first-order valence-electron chi connectivity index (χ1n) is 9.66. The molecule has 6 nitrogen and oxygen atoms in total. The van der Waals surface area contributed by atoms with E-state index < -0.39 is 0 Å². The molecule has 1 saturated carbocycles. The fourth-order valence-electron chi connectivity index (χ4n) is 3.54. The molecule has 1 amide bonds. The summed E-state index contributed by atoms with van der Waals surface area (Å²) < 4.78 is 11.6. The number of ether oxygens (including phenoxy) is 2. The molecule has 3 rings (SSSR count). The van der Waals surface area contributed by atoms with Gasteiger partial charge in [-0.3, -0.25) is 9.78 Å². The molecule has 0 unspecified atom stereocenters. The third-order valence-corrected chi connectivity index (χ3v) is 4.83. The van der Waals surface area contributed by atoms with Gasteiger partial charge >= 0.3 is 0 Å². The van der Waals surface area contributed by atoms with Gasteiger partial charge in [-0.25, -0.2) is 0 Å². The molecule has 0 saturated heterocycles. The lowest BCUT2D eigenvalue weighted by Crippen LogP contribution is -2.41. The number of aryl methyl sites for hydroxylation is 1. The minimum atomic E-state index is -0.0451. The van der Waals surface area contributed by atoms with E-state index >= 15 is 0 Å². The summed E-state index contributed by atoms with van der Waals surface area (Å²) in [5, 5.41) is 3.93. The topological polar surface area (TPSA) is 86.5 Å². The number of nitrogens with two attached hydrogens (primary N) is 1. The third kappa shape index (κ3) is 5.10. The molecule has 1 aromatic carbocycles. The Morgan fingerprint density at radius 2 is 2.04 bits per heavy atom. The Labute approximate surface area is 160 Å². The molecule has 1 aliphatic rings. The van der Waals surface area contributed by atoms with Gasteiger partial charge in [-0.1, -0.05) is 6.07 Å². The largest absolute Gasteiger partial charge is 0.490 e. The van der Waals surface area contributed by atoms with Crippen molar-refractivity contribution in [2.75, 3.05) is 12.3 Å². The maximum Gasteiger partial charge on any atom is 0.246 e. The van der Waals surface area contributed by atoms with E-state index in [-0.39, 0.29) is 30.8 Å². The van der Waals surface area contributed by atoms with Gasteiger partial charge in [0.1, 0.15) is 12.4 Å². The van der Waals surface area contributed by atoms with Gasteiger partial charge in [-0.15, -0.1) is 0 Å². The molecule has 1 aromatic heterocycles. The van der Waals surface area contributed by atoms with Crippen LogP contribution in [0.2, 0.25) is 0 Å². The third-order valence-electron chi connectivity index (χ3n) is 4.83. The number of nitrogens with zero attached hydrogens (tertiary/aromatic N) is 1. The summed E-state index contributed by atoms with van der Waals surface area (Å²) >= 11 is 0. The first-order valence-corrected chi connectivity index (χ1v) is 9.66. The zero-order valence-electron chi connectivity index (χ0n) is 16.3. The normalized spacial score (nSPS) is 20.0. The molecule has 0 aliphatic heterocycles. The van der Waals surface area contributed by atoms with Crippen molar-refractivity contribution >= 4 is 22.5 Å². The number of hydrogen-bond donors (Lipinski definition) is 2. The molecule has 1 aliphatic carbocycles. The molecule has 0 radical (unpaired) electrons. The smallest absolute Gasteiger partial charge is 0.246 e.